The average Bonchev–Trinajstić information content (AvgIpc) is 2.77. The summed E-state index contributed by atoms with van der Waals surface area (Å²) in [5, 5.41) is 11.3. The monoisotopic (exact) mass is 490 g/mol. The summed E-state index contributed by atoms with van der Waals surface area (Å²) in [6, 6.07) is 4.29. The molecule has 1 N–H and O–H groups in total. The van der Waals surface area contributed by atoms with Crippen molar-refractivity contribution < 1.29 is 46.2 Å². The predicted octanol–water partition coefficient (Wildman–Crippen LogP) is 2.49. The van der Waals surface area contributed by atoms with E-state index in [1.807, 2.05) is 0 Å². The SMILES string of the molecule is COc1cc(OC)c2c(c1)C(=O)c1cc3c(c(O)c1C2=O)[C@H]1O[C@](C)(CC[C@H]1OS(C)(=O)=O)O3. The lowest BCUT2D eigenvalue weighted by Gasteiger charge is -2.47. The highest BCUT2D eigenvalue weighted by molar-refractivity contribution is 7.86. The van der Waals surface area contributed by atoms with E-state index in [0.29, 0.717) is 12.2 Å². The van der Waals surface area contributed by atoms with Crippen molar-refractivity contribution in [1.82, 2.24) is 0 Å². The van der Waals surface area contributed by atoms with Gasteiger partial charge < -0.3 is 24.1 Å². The highest BCUT2D eigenvalue weighted by Gasteiger charge is 2.50. The molecule has 1 saturated heterocycles. The number of phenolic OH excluding ortho intramolecular Hbond substituents is 1. The molecule has 11 heteroatoms. The molecule has 0 saturated carbocycles. The Bertz CT molecular complexity index is 1360. The molecule has 2 bridgehead atoms. The molecule has 0 radical (unpaired) electrons. The fraction of sp³-hybridized carbons (Fsp3) is 0.391. The topological polar surface area (TPSA) is 135 Å². The summed E-state index contributed by atoms with van der Waals surface area (Å²) in [6.07, 6.45) is -0.480. The first kappa shape index (κ1) is 22.6. The number of benzene rings is 2. The molecule has 1 aliphatic carbocycles. The van der Waals surface area contributed by atoms with Crippen LogP contribution in [-0.4, -0.2) is 57.5 Å². The van der Waals surface area contributed by atoms with Crippen LogP contribution in [0.25, 0.3) is 0 Å². The fourth-order valence-electron chi connectivity index (χ4n) is 4.82. The number of methoxy groups -OCH3 is 2. The van der Waals surface area contributed by atoms with Crippen LogP contribution < -0.4 is 14.2 Å². The Hall–Kier alpha value is -3.15. The standard InChI is InChI=1S/C23H22O10S/c1-23-6-5-13(33-34(4,27)28)22(32-23)18-15(31-23)9-12-17(21(18)26)20(25)16-11(19(12)24)7-10(29-2)8-14(16)30-3/h7-9,13,22,26H,5-6H2,1-4H3/t13-,22+,23-/m1/s1. The summed E-state index contributed by atoms with van der Waals surface area (Å²) < 4.78 is 51.4. The number of rotatable bonds is 4. The summed E-state index contributed by atoms with van der Waals surface area (Å²) >= 11 is 0. The van der Waals surface area contributed by atoms with Crippen molar-refractivity contribution >= 4 is 21.7 Å². The quantitative estimate of drug-likeness (QED) is 0.544. The van der Waals surface area contributed by atoms with Gasteiger partial charge in [0.1, 0.15) is 35.2 Å². The van der Waals surface area contributed by atoms with Gasteiger partial charge >= 0.3 is 0 Å². The first-order valence-corrected chi connectivity index (χ1v) is 12.3. The van der Waals surface area contributed by atoms with Crippen LogP contribution >= 0.6 is 0 Å². The van der Waals surface area contributed by atoms with Crippen molar-refractivity contribution in [2.45, 2.75) is 37.8 Å². The van der Waals surface area contributed by atoms with E-state index in [-0.39, 0.29) is 45.7 Å². The predicted molar refractivity (Wildman–Crippen MR) is 116 cm³/mol. The van der Waals surface area contributed by atoms with Crippen molar-refractivity contribution in [3.8, 4) is 23.0 Å². The van der Waals surface area contributed by atoms with Crippen LogP contribution in [0.5, 0.6) is 23.0 Å². The molecule has 0 spiro atoms. The Morgan fingerprint density at radius 2 is 1.76 bits per heavy atom. The Balaban J connectivity index is 1.72. The molecule has 0 amide bonds. The maximum absolute atomic E-state index is 13.5. The molecule has 34 heavy (non-hydrogen) atoms. The van der Waals surface area contributed by atoms with Gasteiger partial charge in [-0.3, -0.25) is 13.8 Å². The molecule has 2 heterocycles. The van der Waals surface area contributed by atoms with Gasteiger partial charge in [-0.05, 0) is 18.6 Å². The number of hydrogen-bond acceptors (Lipinski definition) is 10. The Labute approximate surface area is 195 Å². The lowest BCUT2D eigenvalue weighted by Crippen LogP contribution is -2.49. The first-order valence-electron chi connectivity index (χ1n) is 10.5. The van der Waals surface area contributed by atoms with Gasteiger partial charge in [-0.1, -0.05) is 0 Å². The second-order valence-electron chi connectivity index (χ2n) is 8.62. The van der Waals surface area contributed by atoms with Gasteiger partial charge in [0, 0.05) is 30.5 Å². The number of ketones is 2. The van der Waals surface area contributed by atoms with E-state index in [0.717, 1.165) is 6.26 Å². The molecule has 1 fully saturated rings. The van der Waals surface area contributed by atoms with Gasteiger partial charge in [-0.2, -0.15) is 8.42 Å². The van der Waals surface area contributed by atoms with Crippen molar-refractivity contribution in [3.05, 3.63) is 46.0 Å². The molecule has 2 aromatic rings. The summed E-state index contributed by atoms with van der Waals surface area (Å²) in [5.41, 5.74) is -0.162. The van der Waals surface area contributed by atoms with Gasteiger partial charge in [-0.15, -0.1) is 0 Å². The lowest BCUT2D eigenvalue weighted by molar-refractivity contribution is -0.266. The van der Waals surface area contributed by atoms with Crippen molar-refractivity contribution in [1.29, 1.82) is 0 Å². The van der Waals surface area contributed by atoms with Crippen LogP contribution in [0.15, 0.2) is 18.2 Å². The van der Waals surface area contributed by atoms with Gasteiger partial charge in [0.05, 0.1) is 37.2 Å². The molecular formula is C23H22O10S. The second kappa shape index (κ2) is 7.42. The number of carbonyl (C=O) groups excluding carboxylic acids is 2. The smallest absolute Gasteiger partial charge is 0.264 e. The van der Waals surface area contributed by atoms with Crippen molar-refractivity contribution in [3.63, 3.8) is 0 Å². The maximum Gasteiger partial charge on any atom is 0.264 e. The molecule has 5 rings (SSSR count). The number of carbonyl (C=O) groups is 2. The minimum absolute atomic E-state index is 0.00823. The zero-order chi connectivity index (χ0) is 24.6. The largest absolute Gasteiger partial charge is 0.507 e. The van der Waals surface area contributed by atoms with E-state index in [4.69, 9.17) is 23.1 Å². The van der Waals surface area contributed by atoms with E-state index in [9.17, 15) is 23.1 Å². The second-order valence-corrected chi connectivity index (χ2v) is 10.2. The van der Waals surface area contributed by atoms with Crippen molar-refractivity contribution in [2.75, 3.05) is 20.5 Å². The number of ether oxygens (including phenoxy) is 4. The highest BCUT2D eigenvalue weighted by atomic mass is 32.2. The first-order chi connectivity index (χ1) is 16.0. The molecule has 2 aliphatic heterocycles. The summed E-state index contributed by atoms with van der Waals surface area (Å²) in [5.74, 6) is -2.23. The minimum atomic E-state index is -3.84. The molecule has 180 valence electrons. The highest BCUT2D eigenvalue weighted by Crippen LogP contribution is 2.54. The number of fused-ring (bicyclic) bond motifs is 6. The fourth-order valence-corrected chi connectivity index (χ4v) is 5.46. The van der Waals surface area contributed by atoms with Gasteiger partial charge in [-0.25, -0.2) is 0 Å². The van der Waals surface area contributed by atoms with E-state index in [1.54, 1.807) is 6.92 Å². The van der Waals surface area contributed by atoms with Crippen LogP contribution in [0.4, 0.5) is 0 Å². The Morgan fingerprint density at radius 1 is 1.06 bits per heavy atom. The third-order valence-corrected chi connectivity index (χ3v) is 6.88. The number of aromatic hydroxyl groups is 1. The van der Waals surface area contributed by atoms with Crippen LogP contribution in [0, 0.1) is 0 Å². The zero-order valence-corrected chi connectivity index (χ0v) is 19.6. The third-order valence-electron chi connectivity index (χ3n) is 6.28. The van der Waals surface area contributed by atoms with Gasteiger partial charge in [0.25, 0.3) is 10.1 Å². The molecule has 3 aliphatic rings. The zero-order valence-electron chi connectivity index (χ0n) is 18.8. The van der Waals surface area contributed by atoms with E-state index in [2.05, 4.69) is 0 Å². The molecule has 0 unspecified atom stereocenters. The summed E-state index contributed by atoms with van der Waals surface area (Å²) in [7, 11) is -1.06. The van der Waals surface area contributed by atoms with Gasteiger partial charge in [0.2, 0.25) is 11.6 Å². The van der Waals surface area contributed by atoms with Crippen molar-refractivity contribution in [2.24, 2.45) is 0 Å². The van der Waals surface area contributed by atoms with E-state index in [1.165, 1.54) is 32.4 Å². The van der Waals surface area contributed by atoms with Gasteiger partial charge in [0.15, 0.2) is 5.78 Å². The summed E-state index contributed by atoms with van der Waals surface area (Å²) in [6.45, 7) is 1.67. The molecular weight excluding hydrogens is 468 g/mol. The molecule has 0 aromatic heterocycles. The summed E-state index contributed by atoms with van der Waals surface area (Å²) in [4.78, 5) is 27.0. The Kier molecular flexibility index (Phi) is 4.94. The van der Waals surface area contributed by atoms with Crippen LogP contribution in [0.3, 0.4) is 0 Å². The number of hydrogen-bond donors (Lipinski definition) is 1. The molecule has 3 atom stereocenters. The maximum atomic E-state index is 13.5. The van der Waals surface area contributed by atoms with Crippen LogP contribution in [0.2, 0.25) is 0 Å². The average molecular weight is 490 g/mol. The van der Waals surface area contributed by atoms with Crippen LogP contribution in [-0.2, 0) is 19.0 Å². The normalized spacial score (nSPS) is 25.1. The van der Waals surface area contributed by atoms with Crippen LogP contribution in [0.1, 0.15) is 63.3 Å². The third kappa shape index (κ3) is 3.34. The Morgan fingerprint density at radius 3 is 2.41 bits per heavy atom. The lowest BCUT2D eigenvalue weighted by atomic mass is 9.80. The van der Waals surface area contributed by atoms with E-state index >= 15 is 0 Å². The minimum Gasteiger partial charge on any atom is -0.507 e. The van der Waals surface area contributed by atoms with E-state index < -0.39 is 45.4 Å². The molecule has 2 aromatic carbocycles. The number of phenols is 1. The molecule has 10 nitrogen and oxygen atoms in total.